The molecule has 7 heteroatoms. The van der Waals surface area contributed by atoms with Gasteiger partial charge in [0.15, 0.2) is 5.78 Å². The van der Waals surface area contributed by atoms with Gasteiger partial charge in [-0.2, -0.15) is 5.10 Å². The predicted molar refractivity (Wildman–Crippen MR) is 70.9 cm³/mol. The van der Waals surface area contributed by atoms with Crippen molar-refractivity contribution in [2.24, 2.45) is 5.10 Å². The van der Waals surface area contributed by atoms with Crippen molar-refractivity contribution in [2.75, 3.05) is 14.2 Å². The molecule has 1 aromatic rings. The fourth-order valence-corrected chi connectivity index (χ4v) is 3.63. The van der Waals surface area contributed by atoms with Gasteiger partial charge < -0.3 is 9.05 Å². The number of carbonyl (C=O) groups is 1. The van der Waals surface area contributed by atoms with E-state index in [4.69, 9.17) is 9.05 Å². The van der Waals surface area contributed by atoms with Crippen LogP contribution >= 0.6 is 7.60 Å². The van der Waals surface area contributed by atoms with Gasteiger partial charge in [-0.05, 0) is 5.56 Å². The van der Waals surface area contributed by atoms with Crippen molar-refractivity contribution in [3.8, 4) is 0 Å². The van der Waals surface area contributed by atoms with Crippen LogP contribution in [0.5, 0.6) is 0 Å². The van der Waals surface area contributed by atoms with Crippen molar-refractivity contribution in [2.45, 2.75) is 12.7 Å². The zero-order chi connectivity index (χ0) is 14.0. The minimum Gasteiger partial charge on any atom is -0.310 e. The van der Waals surface area contributed by atoms with Crippen LogP contribution in [0.2, 0.25) is 0 Å². The third-order valence-corrected chi connectivity index (χ3v) is 5.07. The van der Waals surface area contributed by atoms with E-state index in [1.54, 1.807) is 18.3 Å². The van der Waals surface area contributed by atoms with Crippen molar-refractivity contribution in [1.82, 2.24) is 5.01 Å². The molecular weight excluding hydrogens is 267 g/mol. The Bertz CT molecular complexity index is 565. The first-order valence-corrected chi connectivity index (χ1v) is 7.28. The monoisotopic (exact) mass is 282 g/mol. The van der Waals surface area contributed by atoms with Crippen LogP contribution in [0.4, 0.5) is 0 Å². The molecule has 1 aliphatic rings. The van der Waals surface area contributed by atoms with Crippen molar-refractivity contribution in [1.29, 1.82) is 0 Å². The lowest BCUT2D eigenvalue weighted by atomic mass is 10.1. The van der Waals surface area contributed by atoms with Crippen LogP contribution in [0.15, 0.2) is 29.4 Å². The Morgan fingerprint density at radius 3 is 2.53 bits per heavy atom. The van der Waals surface area contributed by atoms with Crippen molar-refractivity contribution < 1.29 is 18.4 Å². The lowest BCUT2D eigenvalue weighted by Crippen LogP contribution is -2.32. The van der Waals surface area contributed by atoms with Crippen molar-refractivity contribution >= 4 is 19.7 Å². The highest BCUT2D eigenvalue weighted by Gasteiger charge is 2.44. The summed E-state index contributed by atoms with van der Waals surface area (Å²) in [4.78, 5) is 11.7. The minimum atomic E-state index is -3.51. The molecular formula is C12H15N2O4P. The number of hydrogen-bond donors (Lipinski definition) is 0. The predicted octanol–water partition coefficient (Wildman–Crippen LogP) is 2.37. The molecule has 6 nitrogen and oxygen atoms in total. The van der Waals surface area contributed by atoms with E-state index in [2.05, 4.69) is 5.10 Å². The molecule has 1 atom stereocenters. The maximum absolute atomic E-state index is 12.7. The molecule has 0 saturated carbocycles. The first-order valence-electron chi connectivity index (χ1n) is 5.67. The van der Waals surface area contributed by atoms with Gasteiger partial charge in [-0.3, -0.25) is 9.36 Å². The number of hydrogen-bond acceptors (Lipinski definition) is 5. The van der Waals surface area contributed by atoms with E-state index in [1.165, 1.54) is 21.1 Å². The number of nitrogens with zero attached hydrogens (tertiary/aromatic N) is 2. The summed E-state index contributed by atoms with van der Waals surface area (Å²) in [6.07, 6.45) is 1.56. The molecule has 102 valence electrons. The van der Waals surface area contributed by atoms with Crippen LogP contribution in [0.1, 0.15) is 23.8 Å². The lowest BCUT2D eigenvalue weighted by Gasteiger charge is -2.34. The summed E-state index contributed by atoms with van der Waals surface area (Å²) in [5.41, 5.74) is 1.49. The average Bonchev–Trinajstić information content (AvgIpc) is 2.45. The number of fused-ring (bicyclic) bond motifs is 1. The molecule has 0 aliphatic carbocycles. The summed E-state index contributed by atoms with van der Waals surface area (Å²) in [5, 5.41) is 5.18. The van der Waals surface area contributed by atoms with Gasteiger partial charge in [0.05, 0.1) is 6.21 Å². The number of benzene rings is 1. The maximum atomic E-state index is 12.7. The molecule has 0 saturated heterocycles. The summed E-state index contributed by atoms with van der Waals surface area (Å²) in [7, 11) is -0.917. The van der Waals surface area contributed by atoms with Gasteiger partial charge in [0.2, 0.25) is 5.91 Å². The fraction of sp³-hybridized carbons (Fsp3) is 0.333. The van der Waals surface area contributed by atoms with Gasteiger partial charge in [-0.25, -0.2) is 5.01 Å². The molecule has 19 heavy (non-hydrogen) atoms. The topological polar surface area (TPSA) is 68.2 Å². The third kappa shape index (κ3) is 2.34. The molecule has 1 heterocycles. The molecule has 2 rings (SSSR count). The highest BCUT2D eigenvalue weighted by Crippen LogP contribution is 2.62. The first-order chi connectivity index (χ1) is 9.03. The summed E-state index contributed by atoms with van der Waals surface area (Å²) in [6, 6.07) is 7.26. The molecule has 0 aromatic heterocycles. The highest BCUT2D eigenvalue weighted by molar-refractivity contribution is 7.54. The standard InChI is InChI=1S/C12H15N2O4P/c1-9(15)14-12(19(16,17-2)18-3)11-7-5-4-6-10(11)8-13-14/h4-8,12H,1-3H3/t12-/m0/s1. The van der Waals surface area contributed by atoms with E-state index in [1.807, 2.05) is 12.1 Å². The van der Waals surface area contributed by atoms with Gasteiger partial charge >= 0.3 is 7.60 Å². The maximum Gasteiger partial charge on any atom is 0.359 e. The summed E-state index contributed by atoms with van der Waals surface area (Å²) in [6.45, 7) is 1.36. The second-order valence-corrected chi connectivity index (χ2v) is 6.31. The van der Waals surface area contributed by atoms with E-state index >= 15 is 0 Å². The molecule has 1 aliphatic heterocycles. The molecule has 0 bridgehead atoms. The number of amides is 1. The van der Waals surface area contributed by atoms with Gasteiger partial charge in [0.1, 0.15) is 0 Å². The lowest BCUT2D eigenvalue weighted by molar-refractivity contribution is -0.130. The molecule has 1 aromatic carbocycles. The van der Waals surface area contributed by atoms with Crippen molar-refractivity contribution in [3.05, 3.63) is 35.4 Å². The normalized spacial score (nSPS) is 18.3. The molecule has 0 spiro atoms. The molecule has 1 amide bonds. The van der Waals surface area contributed by atoms with Crippen LogP contribution in [-0.2, 0) is 18.4 Å². The Balaban J connectivity index is 2.60. The van der Waals surface area contributed by atoms with Crippen LogP contribution in [0.25, 0.3) is 0 Å². The smallest absolute Gasteiger partial charge is 0.310 e. The van der Waals surface area contributed by atoms with Gasteiger partial charge in [0, 0.05) is 26.7 Å². The second-order valence-electron chi connectivity index (χ2n) is 4.02. The fourth-order valence-electron chi connectivity index (χ4n) is 2.01. The number of carbonyl (C=O) groups excluding carboxylic acids is 1. The van der Waals surface area contributed by atoms with Gasteiger partial charge in [-0.1, -0.05) is 24.3 Å². The van der Waals surface area contributed by atoms with E-state index in [-0.39, 0.29) is 5.91 Å². The number of hydrazone groups is 1. The van der Waals surface area contributed by atoms with Crippen LogP contribution in [0.3, 0.4) is 0 Å². The Labute approximate surface area is 111 Å². The Morgan fingerprint density at radius 1 is 1.32 bits per heavy atom. The van der Waals surface area contributed by atoms with Gasteiger partial charge in [-0.15, -0.1) is 0 Å². The van der Waals surface area contributed by atoms with E-state index in [0.29, 0.717) is 5.56 Å². The largest absolute Gasteiger partial charge is 0.359 e. The average molecular weight is 282 g/mol. The minimum absolute atomic E-state index is 0.329. The summed E-state index contributed by atoms with van der Waals surface area (Å²) >= 11 is 0. The zero-order valence-electron chi connectivity index (χ0n) is 10.9. The van der Waals surface area contributed by atoms with E-state index in [9.17, 15) is 9.36 Å². The Morgan fingerprint density at radius 2 is 1.95 bits per heavy atom. The first kappa shape index (κ1) is 13.9. The van der Waals surface area contributed by atoms with Crippen molar-refractivity contribution in [3.63, 3.8) is 0 Å². The summed E-state index contributed by atoms with van der Waals surface area (Å²) in [5.74, 6) is -1.19. The van der Waals surface area contributed by atoms with Crippen LogP contribution in [-0.4, -0.2) is 31.4 Å². The highest BCUT2D eigenvalue weighted by atomic mass is 31.2. The molecule has 0 radical (unpaired) electrons. The second kappa shape index (κ2) is 5.25. The number of rotatable bonds is 3. The molecule has 0 fully saturated rings. The van der Waals surface area contributed by atoms with Crippen LogP contribution < -0.4 is 0 Å². The van der Waals surface area contributed by atoms with Gasteiger partial charge in [0.25, 0.3) is 0 Å². The SMILES string of the molecule is COP(=O)(OC)[C@H]1c2ccccc2C=NN1C(C)=O. The molecule has 0 N–H and O–H groups in total. The summed E-state index contributed by atoms with van der Waals surface area (Å²) < 4.78 is 22.7. The van der Waals surface area contributed by atoms with E-state index < -0.39 is 13.4 Å². The molecule has 0 unspecified atom stereocenters. The Kier molecular flexibility index (Phi) is 3.85. The Hall–Kier alpha value is -1.49. The zero-order valence-corrected chi connectivity index (χ0v) is 11.8. The quantitative estimate of drug-likeness (QED) is 0.798. The van der Waals surface area contributed by atoms with E-state index in [0.717, 1.165) is 10.6 Å². The third-order valence-electron chi connectivity index (χ3n) is 2.96. The van der Waals surface area contributed by atoms with Crippen LogP contribution in [0, 0.1) is 0 Å².